The van der Waals surface area contributed by atoms with E-state index in [0.717, 1.165) is 6.07 Å². The SMILES string of the molecule is Nc1c(F)cccc1S(=O)(=O)NC1CCS(=O)CC1. The number of hydrogen-bond acceptors (Lipinski definition) is 4. The number of nitrogens with one attached hydrogen (secondary N) is 1. The molecule has 0 aromatic heterocycles. The quantitative estimate of drug-likeness (QED) is 0.800. The topological polar surface area (TPSA) is 89.3 Å². The van der Waals surface area contributed by atoms with Gasteiger partial charge in [0, 0.05) is 28.3 Å². The van der Waals surface area contributed by atoms with Crippen LogP contribution in [0.2, 0.25) is 0 Å². The van der Waals surface area contributed by atoms with Gasteiger partial charge in [-0.2, -0.15) is 0 Å². The van der Waals surface area contributed by atoms with Gasteiger partial charge in [-0.1, -0.05) is 6.07 Å². The van der Waals surface area contributed by atoms with Gasteiger partial charge in [-0.05, 0) is 25.0 Å². The van der Waals surface area contributed by atoms with Crippen molar-refractivity contribution in [2.24, 2.45) is 0 Å². The van der Waals surface area contributed by atoms with Crippen LogP contribution in [0.15, 0.2) is 23.1 Å². The second kappa shape index (κ2) is 5.56. The van der Waals surface area contributed by atoms with E-state index >= 15 is 0 Å². The maximum absolute atomic E-state index is 13.3. The van der Waals surface area contributed by atoms with E-state index in [1.165, 1.54) is 12.1 Å². The molecule has 106 valence electrons. The molecule has 0 aliphatic carbocycles. The highest BCUT2D eigenvalue weighted by atomic mass is 32.2. The van der Waals surface area contributed by atoms with Gasteiger partial charge in [-0.25, -0.2) is 17.5 Å². The van der Waals surface area contributed by atoms with Crippen molar-refractivity contribution in [2.45, 2.75) is 23.8 Å². The molecule has 5 nitrogen and oxygen atoms in total. The third kappa shape index (κ3) is 3.31. The van der Waals surface area contributed by atoms with Gasteiger partial charge in [0.25, 0.3) is 0 Å². The van der Waals surface area contributed by atoms with E-state index in [9.17, 15) is 17.0 Å². The molecule has 1 aromatic carbocycles. The van der Waals surface area contributed by atoms with E-state index in [4.69, 9.17) is 5.73 Å². The molecule has 0 atom stereocenters. The van der Waals surface area contributed by atoms with Crippen molar-refractivity contribution in [3.05, 3.63) is 24.0 Å². The Bertz CT molecular complexity index is 594. The Labute approximate surface area is 113 Å². The van der Waals surface area contributed by atoms with Crippen LogP contribution in [0.5, 0.6) is 0 Å². The lowest BCUT2D eigenvalue weighted by atomic mass is 10.2. The van der Waals surface area contributed by atoms with E-state index in [2.05, 4.69) is 4.72 Å². The maximum atomic E-state index is 13.3. The molecule has 1 aromatic rings. The van der Waals surface area contributed by atoms with Crippen molar-refractivity contribution in [3.63, 3.8) is 0 Å². The lowest BCUT2D eigenvalue weighted by Crippen LogP contribution is -2.39. The van der Waals surface area contributed by atoms with Crippen LogP contribution in [0.1, 0.15) is 12.8 Å². The molecule has 1 aliphatic rings. The molecule has 1 heterocycles. The number of rotatable bonds is 3. The fourth-order valence-electron chi connectivity index (χ4n) is 1.95. The van der Waals surface area contributed by atoms with Crippen LogP contribution in [-0.4, -0.2) is 30.2 Å². The first-order valence-corrected chi connectivity index (χ1v) is 8.78. The van der Waals surface area contributed by atoms with Crippen molar-refractivity contribution < 1.29 is 17.0 Å². The third-order valence-corrected chi connectivity index (χ3v) is 5.97. The van der Waals surface area contributed by atoms with Crippen molar-refractivity contribution in [3.8, 4) is 0 Å². The highest BCUT2D eigenvalue weighted by Crippen LogP contribution is 2.22. The van der Waals surface area contributed by atoms with Crippen molar-refractivity contribution in [2.75, 3.05) is 17.2 Å². The van der Waals surface area contributed by atoms with E-state index in [0.29, 0.717) is 24.3 Å². The number of benzene rings is 1. The molecule has 0 radical (unpaired) electrons. The molecule has 0 bridgehead atoms. The van der Waals surface area contributed by atoms with Gasteiger partial charge < -0.3 is 5.73 Å². The first-order valence-electron chi connectivity index (χ1n) is 5.81. The van der Waals surface area contributed by atoms with Crippen LogP contribution < -0.4 is 10.5 Å². The summed E-state index contributed by atoms with van der Waals surface area (Å²) in [4.78, 5) is -0.251. The van der Waals surface area contributed by atoms with Crippen molar-refractivity contribution in [1.82, 2.24) is 4.72 Å². The van der Waals surface area contributed by atoms with Gasteiger partial charge in [0.1, 0.15) is 10.7 Å². The summed E-state index contributed by atoms with van der Waals surface area (Å²) >= 11 is 0. The fraction of sp³-hybridized carbons (Fsp3) is 0.455. The molecule has 0 spiro atoms. The zero-order valence-electron chi connectivity index (χ0n) is 10.1. The number of para-hydroxylation sites is 1. The Morgan fingerprint density at radius 2 is 1.95 bits per heavy atom. The van der Waals surface area contributed by atoms with Gasteiger partial charge in [0.15, 0.2) is 0 Å². The predicted octanol–water partition coefficient (Wildman–Crippen LogP) is 0.597. The van der Waals surface area contributed by atoms with Crippen molar-refractivity contribution >= 4 is 26.5 Å². The molecule has 0 saturated carbocycles. The number of anilines is 1. The van der Waals surface area contributed by atoms with Gasteiger partial charge in [-0.15, -0.1) is 0 Å². The molecule has 0 amide bonds. The number of hydrogen-bond donors (Lipinski definition) is 2. The highest BCUT2D eigenvalue weighted by Gasteiger charge is 2.26. The van der Waals surface area contributed by atoms with E-state index in [-0.39, 0.29) is 16.6 Å². The minimum Gasteiger partial charge on any atom is -0.395 e. The zero-order chi connectivity index (χ0) is 14.0. The standard InChI is InChI=1S/C11H15FN2O3S2/c12-9-2-1-3-10(11(9)13)19(16,17)14-8-4-6-18(15)7-5-8/h1-3,8,14H,4-7,13H2. The summed E-state index contributed by atoms with van der Waals surface area (Å²) in [5.41, 5.74) is 5.07. The zero-order valence-corrected chi connectivity index (χ0v) is 11.8. The van der Waals surface area contributed by atoms with Crippen LogP contribution in [0.3, 0.4) is 0 Å². The van der Waals surface area contributed by atoms with E-state index in [1.54, 1.807) is 0 Å². The van der Waals surface area contributed by atoms with Crippen LogP contribution in [0.4, 0.5) is 10.1 Å². The first kappa shape index (κ1) is 14.4. The van der Waals surface area contributed by atoms with Gasteiger partial charge in [0.05, 0.1) is 5.69 Å². The summed E-state index contributed by atoms with van der Waals surface area (Å²) in [5, 5.41) is 0. The molecule has 8 heteroatoms. The summed E-state index contributed by atoms with van der Waals surface area (Å²) in [6.45, 7) is 0. The third-order valence-electron chi connectivity index (χ3n) is 3.01. The lowest BCUT2D eigenvalue weighted by molar-refractivity contribution is 0.521. The normalized spacial score (nSPS) is 24.3. The monoisotopic (exact) mass is 306 g/mol. The lowest BCUT2D eigenvalue weighted by Gasteiger charge is -2.22. The summed E-state index contributed by atoms with van der Waals surface area (Å²) in [7, 11) is -4.71. The Morgan fingerprint density at radius 3 is 2.58 bits per heavy atom. The molecule has 1 fully saturated rings. The number of halogens is 1. The Hall–Kier alpha value is -0.990. The van der Waals surface area contributed by atoms with Crippen LogP contribution >= 0.6 is 0 Å². The van der Waals surface area contributed by atoms with E-state index < -0.39 is 26.6 Å². The molecule has 2 rings (SSSR count). The molecule has 19 heavy (non-hydrogen) atoms. The molecule has 0 unspecified atom stereocenters. The Balaban J connectivity index is 2.19. The molecule has 1 saturated heterocycles. The first-order chi connectivity index (χ1) is 8.90. The number of sulfonamides is 1. The molecule has 3 N–H and O–H groups in total. The summed E-state index contributed by atoms with van der Waals surface area (Å²) in [5.74, 6) is 0.199. The summed E-state index contributed by atoms with van der Waals surface area (Å²) in [6, 6.07) is 3.40. The van der Waals surface area contributed by atoms with Crippen LogP contribution in [0.25, 0.3) is 0 Å². The molecule has 1 aliphatic heterocycles. The smallest absolute Gasteiger partial charge is 0.242 e. The van der Waals surface area contributed by atoms with Gasteiger partial charge >= 0.3 is 0 Å². The second-order valence-electron chi connectivity index (χ2n) is 4.40. The fourth-order valence-corrected chi connectivity index (χ4v) is 4.69. The largest absolute Gasteiger partial charge is 0.395 e. The second-order valence-corrected chi connectivity index (χ2v) is 7.77. The highest BCUT2D eigenvalue weighted by molar-refractivity contribution is 7.89. The predicted molar refractivity (Wildman–Crippen MR) is 72.0 cm³/mol. The average Bonchev–Trinajstić information content (AvgIpc) is 2.35. The Morgan fingerprint density at radius 1 is 1.32 bits per heavy atom. The Kier molecular flexibility index (Phi) is 4.22. The van der Waals surface area contributed by atoms with E-state index in [1.807, 2.05) is 0 Å². The van der Waals surface area contributed by atoms with Crippen LogP contribution in [-0.2, 0) is 20.8 Å². The summed E-state index contributed by atoms with van der Waals surface area (Å²) < 4.78 is 51.2. The number of nitrogen functional groups attached to an aromatic ring is 1. The van der Waals surface area contributed by atoms with Gasteiger partial charge in [-0.3, -0.25) is 4.21 Å². The van der Waals surface area contributed by atoms with Crippen molar-refractivity contribution in [1.29, 1.82) is 0 Å². The van der Waals surface area contributed by atoms with Crippen LogP contribution in [0, 0.1) is 5.82 Å². The molecular weight excluding hydrogens is 291 g/mol. The van der Waals surface area contributed by atoms with Gasteiger partial charge in [0.2, 0.25) is 10.0 Å². The minimum absolute atomic E-state index is 0.251. The minimum atomic E-state index is -3.84. The molecular formula is C11H15FN2O3S2. The maximum Gasteiger partial charge on any atom is 0.242 e. The summed E-state index contributed by atoms with van der Waals surface area (Å²) in [6.07, 6.45) is 1.03. The average molecular weight is 306 g/mol. The number of nitrogens with two attached hydrogens (primary N) is 1.